The number of rotatable bonds is 3. The Kier molecular flexibility index (Phi) is 4.28. The molecule has 1 unspecified atom stereocenters. The number of amides is 1. The van der Waals surface area contributed by atoms with Crippen LogP contribution in [-0.4, -0.2) is 23.5 Å². The average molecular weight is 317 g/mol. The summed E-state index contributed by atoms with van der Waals surface area (Å²) in [6, 6.07) is 11.3. The van der Waals surface area contributed by atoms with Crippen LogP contribution in [0, 0.1) is 11.6 Å². The molecule has 0 N–H and O–H groups in total. The van der Waals surface area contributed by atoms with E-state index in [-0.39, 0.29) is 11.7 Å². The molecule has 2 aromatic carbocycles. The third-order valence-corrected chi connectivity index (χ3v) is 3.99. The van der Waals surface area contributed by atoms with Gasteiger partial charge in [0.1, 0.15) is 5.75 Å². The van der Waals surface area contributed by atoms with Gasteiger partial charge in [-0.1, -0.05) is 24.3 Å². The Morgan fingerprint density at radius 1 is 1.13 bits per heavy atom. The van der Waals surface area contributed by atoms with Crippen LogP contribution >= 0.6 is 0 Å². The lowest BCUT2D eigenvalue weighted by Crippen LogP contribution is -2.43. The van der Waals surface area contributed by atoms with Gasteiger partial charge in [0.15, 0.2) is 17.7 Å². The Hall–Kier alpha value is -2.43. The highest BCUT2D eigenvalue weighted by Gasteiger charge is 2.25. The van der Waals surface area contributed by atoms with Crippen molar-refractivity contribution < 1.29 is 18.3 Å². The number of carbonyl (C=O) groups excluding carboxylic acids is 1. The minimum absolute atomic E-state index is 0.141. The van der Waals surface area contributed by atoms with Gasteiger partial charge in [-0.25, -0.2) is 8.78 Å². The number of nitrogens with zero attached hydrogens (tertiary/aromatic N) is 1. The number of carbonyl (C=O) groups is 1. The molecule has 1 aliphatic heterocycles. The van der Waals surface area contributed by atoms with Gasteiger partial charge in [0.05, 0.1) is 0 Å². The molecule has 1 aliphatic rings. The number of halogens is 2. The van der Waals surface area contributed by atoms with Gasteiger partial charge in [0.2, 0.25) is 0 Å². The summed E-state index contributed by atoms with van der Waals surface area (Å²) >= 11 is 0. The van der Waals surface area contributed by atoms with Crippen molar-refractivity contribution in [1.82, 2.24) is 4.90 Å². The Labute approximate surface area is 133 Å². The van der Waals surface area contributed by atoms with Gasteiger partial charge >= 0.3 is 0 Å². The van der Waals surface area contributed by atoms with Gasteiger partial charge in [-0.15, -0.1) is 0 Å². The summed E-state index contributed by atoms with van der Waals surface area (Å²) in [7, 11) is 0. The van der Waals surface area contributed by atoms with Crippen LogP contribution in [0.2, 0.25) is 0 Å². The number of fused-ring (bicyclic) bond motifs is 1. The molecule has 1 amide bonds. The highest BCUT2D eigenvalue weighted by molar-refractivity contribution is 5.81. The van der Waals surface area contributed by atoms with Gasteiger partial charge in [-0.3, -0.25) is 4.79 Å². The summed E-state index contributed by atoms with van der Waals surface area (Å²) in [5.74, 6) is -1.95. The SMILES string of the molecule is CC(Oc1ccc(F)c(F)c1)C(=O)N1CCc2ccccc2C1. The van der Waals surface area contributed by atoms with E-state index < -0.39 is 17.7 Å². The molecule has 0 saturated carbocycles. The normalized spacial score (nSPS) is 15.0. The van der Waals surface area contributed by atoms with Gasteiger partial charge < -0.3 is 9.64 Å². The summed E-state index contributed by atoms with van der Waals surface area (Å²) in [5.41, 5.74) is 2.39. The molecule has 1 atom stereocenters. The van der Waals surface area contributed by atoms with Crippen LogP contribution in [0.5, 0.6) is 5.75 Å². The smallest absolute Gasteiger partial charge is 0.263 e. The molecule has 0 saturated heterocycles. The summed E-state index contributed by atoms with van der Waals surface area (Å²) in [6.45, 7) is 2.78. The molecule has 0 bridgehead atoms. The van der Waals surface area contributed by atoms with Crippen molar-refractivity contribution in [1.29, 1.82) is 0 Å². The van der Waals surface area contributed by atoms with Crippen LogP contribution in [0.25, 0.3) is 0 Å². The van der Waals surface area contributed by atoms with Crippen LogP contribution in [-0.2, 0) is 17.8 Å². The number of hydrogen-bond donors (Lipinski definition) is 0. The van der Waals surface area contributed by atoms with Gasteiger partial charge in [0.25, 0.3) is 5.91 Å². The van der Waals surface area contributed by atoms with Crippen molar-refractivity contribution in [2.24, 2.45) is 0 Å². The first-order valence-electron chi connectivity index (χ1n) is 7.52. The van der Waals surface area contributed by atoms with Gasteiger partial charge in [-0.2, -0.15) is 0 Å². The molecule has 5 heteroatoms. The molecule has 3 nitrogen and oxygen atoms in total. The fourth-order valence-corrected chi connectivity index (χ4v) is 2.75. The lowest BCUT2D eigenvalue weighted by molar-refractivity contribution is -0.138. The Morgan fingerprint density at radius 3 is 2.61 bits per heavy atom. The highest BCUT2D eigenvalue weighted by atomic mass is 19.2. The van der Waals surface area contributed by atoms with E-state index in [1.807, 2.05) is 18.2 Å². The van der Waals surface area contributed by atoms with E-state index in [9.17, 15) is 13.6 Å². The van der Waals surface area contributed by atoms with Crippen molar-refractivity contribution in [2.75, 3.05) is 6.54 Å². The van der Waals surface area contributed by atoms with E-state index >= 15 is 0 Å². The van der Waals surface area contributed by atoms with E-state index in [2.05, 4.69) is 6.07 Å². The molecule has 120 valence electrons. The van der Waals surface area contributed by atoms with Crippen molar-refractivity contribution >= 4 is 5.91 Å². The molecule has 3 rings (SSSR count). The predicted molar refractivity (Wildman–Crippen MR) is 82.0 cm³/mol. The molecule has 23 heavy (non-hydrogen) atoms. The standard InChI is InChI=1S/C18H17F2NO2/c1-12(23-15-6-7-16(19)17(20)10-15)18(22)21-9-8-13-4-2-3-5-14(13)11-21/h2-7,10,12H,8-9,11H2,1H3. The third kappa shape index (κ3) is 3.33. The van der Waals surface area contributed by atoms with Crippen LogP contribution < -0.4 is 4.74 Å². The molecular formula is C18H17F2NO2. The maximum atomic E-state index is 13.2. The second kappa shape index (κ2) is 6.36. The predicted octanol–water partition coefficient (Wildman–Crippen LogP) is 3.32. The zero-order valence-electron chi connectivity index (χ0n) is 12.8. The van der Waals surface area contributed by atoms with Crippen molar-refractivity contribution in [3.8, 4) is 5.75 Å². The second-order valence-electron chi connectivity index (χ2n) is 5.61. The number of benzene rings is 2. The Bertz CT molecular complexity index is 733. The van der Waals surface area contributed by atoms with Crippen molar-refractivity contribution in [3.05, 3.63) is 65.2 Å². The van der Waals surface area contributed by atoms with E-state index in [1.165, 1.54) is 11.6 Å². The van der Waals surface area contributed by atoms with Crippen LogP contribution in [0.4, 0.5) is 8.78 Å². The topological polar surface area (TPSA) is 29.5 Å². The maximum absolute atomic E-state index is 13.2. The minimum Gasteiger partial charge on any atom is -0.481 e. The fourth-order valence-electron chi connectivity index (χ4n) is 2.75. The van der Waals surface area contributed by atoms with Crippen molar-refractivity contribution in [2.45, 2.75) is 26.0 Å². The quantitative estimate of drug-likeness (QED) is 0.869. The monoisotopic (exact) mass is 317 g/mol. The Morgan fingerprint density at radius 2 is 1.87 bits per heavy atom. The largest absolute Gasteiger partial charge is 0.481 e. The first kappa shape index (κ1) is 15.5. The van der Waals surface area contributed by atoms with Gasteiger partial charge in [-0.05, 0) is 36.6 Å². The van der Waals surface area contributed by atoms with E-state index in [0.29, 0.717) is 13.1 Å². The van der Waals surface area contributed by atoms with Crippen LogP contribution in [0.1, 0.15) is 18.1 Å². The highest BCUT2D eigenvalue weighted by Crippen LogP contribution is 2.21. The summed E-state index contributed by atoms with van der Waals surface area (Å²) < 4.78 is 31.6. The lowest BCUT2D eigenvalue weighted by atomic mass is 9.99. The second-order valence-corrected chi connectivity index (χ2v) is 5.61. The molecule has 0 aromatic heterocycles. The van der Waals surface area contributed by atoms with Gasteiger partial charge in [0, 0.05) is 19.2 Å². The first-order valence-corrected chi connectivity index (χ1v) is 7.52. The minimum atomic E-state index is -0.992. The fraction of sp³-hybridized carbons (Fsp3) is 0.278. The molecule has 2 aromatic rings. The lowest BCUT2D eigenvalue weighted by Gasteiger charge is -2.31. The number of hydrogen-bond acceptors (Lipinski definition) is 2. The zero-order chi connectivity index (χ0) is 16.4. The molecule has 0 spiro atoms. The molecule has 0 aliphatic carbocycles. The van der Waals surface area contributed by atoms with Crippen LogP contribution in [0.3, 0.4) is 0 Å². The molecular weight excluding hydrogens is 300 g/mol. The molecule has 0 fully saturated rings. The van der Waals surface area contributed by atoms with Crippen LogP contribution in [0.15, 0.2) is 42.5 Å². The summed E-state index contributed by atoms with van der Waals surface area (Å²) in [5, 5.41) is 0. The van der Waals surface area contributed by atoms with E-state index in [0.717, 1.165) is 24.1 Å². The van der Waals surface area contributed by atoms with E-state index in [4.69, 9.17) is 4.74 Å². The maximum Gasteiger partial charge on any atom is 0.263 e. The Balaban J connectivity index is 1.67. The number of ether oxygens (including phenoxy) is 1. The average Bonchev–Trinajstić information content (AvgIpc) is 2.57. The molecule has 0 radical (unpaired) electrons. The summed E-state index contributed by atoms with van der Waals surface area (Å²) in [4.78, 5) is 14.2. The third-order valence-electron chi connectivity index (χ3n) is 3.99. The zero-order valence-corrected chi connectivity index (χ0v) is 12.8. The molecule has 1 heterocycles. The van der Waals surface area contributed by atoms with Crippen molar-refractivity contribution in [3.63, 3.8) is 0 Å². The first-order chi connectivity index (χ1) is 11.0. The summed E-state index contributed by atoms with van der Waals surface area (Å²) in [6.07, 6.45) is 0.0462. The van der Waals surface area contributed by atoms with E-state index in [1.54, 1.807) is 11.8 Å².